The van der Waals surface area contributed by atoms with Gasteiger partial charge in [0, 0.05) is 6.20 Å². The molecule has 1 aromatic rings. The third-order valence-corrected chi connectivity index (χ3v) is 1.20. The molecule has 0 aromatic carbocycles. The smallest absolute Gasteiger partial charge is 0.221 e. The van der Waals surface area contributed by atoms with Gasteiger partial charge in [0.05, 0.1) is 5.69 Å². The molecule has 0 saturated carbocycles. The highest BCUT2D eigenvalue weighted by Crippen LogP contribution is 2.14. The fourth-order valence-corrected chi connectivity index (χ4v) is 0.690. The zero-order chi connectivity index (χ0) is 8.10. The van der Waals surface area contributed by atoms with Gasteiger partial charge in [0.25, 0.3) is 0 Å². The molecule has 5 heteroatoms. The topological polar surface area (TPSA) is 85.3 Å². The first kappa shape index (κ1) is 7.46. The molecule has 0 fully saturated rings. The van der Waals surface area contributed by atoms with E-state index in [9.17, 15) is 0 Å². The molecule has 0 spiro atoms. The van der Waals surface area contributed by atoms with Gasteiger partial charge < -0.3 is 0 Å². The minimum Gasteiger partial charge on any atom is -0.257 e. The number of nitrogens with one attached hydrogen (secondary N) is 2. The number of aromatic nitrogens is 1. The second-order valence-corrected chi connectivity index (χ2v) is 1.89. The summed E-state index contributed by atoms with van der Waals surface area (Å²) in [6.45, 7) is 0. The van der Waals surface area contributed by atoms with Crippen molar-refractivity contribution >= 4 is 0 Å². The predicted octanol–water partition coefficient (Wildman–Crippen LogP) is 2.14. The summed E-state index contributed by atoms with van der Waals surface area (Å²) in [7, 11) is 0. The van der Waals surface area contributed by atoms with Gasteiger partial charge in [0.15, 0.2) is 0 Å². The van der Waals surface area contributed by atoms with E-state index in [1.54, 1.807) is 24.4 Å². The van der Waals surface area contributed by atoms with E-state index >= 15 is 0 Å². The maximum Gasteiger partial charge on any atom is 0.221 e. The summed E-state index contributed by atoms with van der Waals surface area (Å²) in [6, 6.07) is 5.21. The molecule has 0 aliphatic rings. The van der Waals surface area contributed by atoms with Crippen LogP contribution in [0.1, 0.15) is 11.9 Å². The first-order valence-electron chi connectivity index (χ1n) is 3.02. The van der Waals surface area contributed by atoms with Gasteiger partial charge in [-0.1, -0.05) is 6.07 Å². The Morgan fingerprint density at radius 1 is 1.27 bits per heavy atom. The lowest BCUT2D eigenvalue weighted by molar-refractivity contribution is 0.629. The molecule has 56 valence electrons. The molecule has 0 amide bonds. The molecule has 2 N–H and O–H groups in total. The van der Waals surface area contributed by atoms with Crippen molar-refractivity contribution in [3.8, 4) is 0 Å². The minimum atomic E-state index is -0.767. The van der Waals surface area contributed by atoms with Crippen molar-refractivity contribution in [2.24, 2.45) is 10.2 Å². The second kappa shape index (κ2) is 3.50. The molecule has 1 heterocycles. The summed E-state index contributed by atoms with van der Waals surface area (Å²) in [6.07, 6.45) is 0.815. The Hall–Kier alpha value is -1.65. The Morgan fingerprint density at radius 3 is 2.45 bits per heavy atom. The number of hydrogen-bond donors (Lipinski definition) is 2. The highest BCUT2D eigenvalue weighted by Gasteiger charge is 2.06. The maximum atomic E-state index is 6.67. The highest BCUT2D eigenvalue weighted by atomic mass is 15.2. The van der Waals surface area contributed by atoms with Gasteiger partial charge in [-0.05, 0) is 12.1 Å². The van der Waals surface area contributed by atoms with Crippen LogP contribution in [0, 0.1) is 11.1 Å². The summed E-state index contributed by atoms with van der Waals surface area (Å²) < 4.78 is 0. The predicted molar refractivity (Wildman–Crippen MR) is 37.3 cm³/mol. The highest BCUT2D eigenvalue weighted by molar-refractivity contribution is 5.07. The van der Waals surface area contributed by atoms with Crippen molar-refractivity contribution in [3.63, 3.8) is 0 Å². The van der Waals surface area contributed by atoms with E-state index in [4.69, 9.17) is 11.1 Å². The lowest BCUT2D eigenvalue weighted by atomic mass is 10.3. The first-order valence-corrected chi connectivity index (χ1v) is 3.02. The van der Waals surface area contributed by atoms with Crippen molar-refractivity contribution in [1.29, 1.82) is 11.1 Å². The SMILES string of the molecule is N=NC(N=N)c1ccccn1. The van der Waals surface area contributed by atoms with Gasteiger partial charge in [-0.2, -0.15) is 10.2 Å². The number of hydrogen-bond acceptors (Lipinski definition) is 5. The van der Waals surface area contributed by atoms with Crippen LogP contribution >= 0.6 is 0 Å². The van der Waals surface area contributed by atoms with Crippen molar-refractivity contribution in [1.82, 2.24) is 4.98 Å². The van der Waals surface area contributed by atoms with Crippen LogP contribution in [0.2, 0.25) is 0 Å². The molecule has 11 heavy (non-hydrogen) atoms. The Kier molecular flexibility index (Phi) is 2.37. The molecule has 0 bridgehead atoms. The summed E-state index contributed by atoms with van der Waals surface area (Å²) in [4.78, 5) is 3.89. The van der Waals surface area contributed by atoms with Crippen LogP contribution in [0.5, 0.6) is 0 Å². The molecule has 0 aliphatic carbocycles. The molecule has 1 aromatic heterocycles. The van der Waals surface area contributed by atoms with Crippen molar-refractivity contribution in [2.45, 2.75) is 6.17 Å². The van der Waals surface area contributed by atoms with E-state index in [-0.39, 0.29) is 0 Å². The van der Waals surface area contributed by atoms with Crippen LogP contribution in [0.15, 0.2) is 34.6 Å². The second-order valence-electron chi connectivity index (χ2n) is 1.89. The summed E-state index contributed by atoms with van der Waals surface area (Å²) >= 11 is 0. The maximum absolute atomic E-state index is 6.67. The summed E-state index contributed by atoms with van der Waals surface area (Å²) in [5.74, 6) is 0. The van der Waals surface area contributed by atoms with Gasteiger partial charge in [-0.25, -0.2) is 11.1 Å². The van der Waals surface area contributed by atoms with Crippen molar-refractivity contribution in [3.05, 3.63) is 30.1 Å². The lowest BCUT2D eigenvalue weighted by Gasteiger charge is -1.99. The van der Waals surface area contributed by atoms with Crippen LogP contribution in [0.4, 0.5) is 0 Å². The third kappa shape index (κ3) is 1.64. The quantitative estimate of drug-likeness (QED) is 0.634. The van der Waals surface area contributed by atoms with Gasteiger partial charge >= 0.3 is 0 Å². The molecular weight excluding hydrogens is 142 g/mol. The molecule has 0 saturated heterocycles. The number of pyridine rings is 1. The average molecular weight is 149 g/mol. The van der Waals surface area contributed by atoms with Gasteiger partial charge in [0.2, 0.25) is 6.17 Å². The van der Waals surface area contributed by atoms with Gasteiger partial charge in [-0.3, -0.25) is 4.98 Å². The molecule has 0 radical (unpaired) electrons. The average Bonchev–Trinajstić information content (AvgIpc) is 2.09. The molecule has 0 aliphatic heterocycles. The zero-order valence-corrected chi connectivity index (χ0v) is 5.73. The molecule has 0 unspecified atom stereocenters. The van der Waals surface area contributed by atoms with Gasteiger partial charge in [0.1, 0.15) is 0 Å². The lowest BCUT2D eigenvalue weighted by Crippen LogP contribution is -1.91. The minimum absolute atomic E-state index is 0.525. The van der Waals surface area contributed by atoms with E-state index < -0.39 is 6.17 Å². The third-order valence-electron chi connectivity index (χ3n) is 1.20. The van der Waals surface area contributed by atoms with Crippen LogP contribution in [-0.4, -0.2) is 4.98 Å². The van der Waals surface area contributed by atoms with E-state index in [0.717, 1.165) is 0 Å². The Labute approximate surface area is 63.5 Å². The first-order chi connectivity index (χ1) is 5.38. The van der Waals surface area contributed by atoms with E-state index in [1.165, 1.54) is 0 Å². The van der Waals surface area contributed by atoms with Crippen LogP contribution in [0.3, 0.4) is 0 Å². The number of nitrogens with zero attached hydrogens (tertiary/aromatic N) is 3. The zero-order valence-electron chi connectivity index (χ0n) is 5.73. The summed E-state index contributed by atoms with van der Waals surface area (Å²) in [5, 5.41) is 6.22. The monoisotopic (exact) mass is 149 g/mol. The fourth-order valence-electron chi connectivity index (χ4n) is 0.690. The Balaban J connectivity index is 2.90. The van der Waals surface area contributed by atoms with Crippen molar-refractivity contribution in [2.75, 3.05) is 0 Å². The van der Waals surface area contributed by atoms with Crippen LogP contribution in [0.25, 0.3) is 0 Å². The van der Waals surface area contributed by atoms with Crippen LogP contribution < -0.4 is 0 Å². The Bertz CT molecular complexity index is 236. The molecule has 0 atom stereocenters. The van der Waals surface area contributed by atoms with Gasteiger partial charge in [-0.15, -0.1) is 0 Å². The standard InChI is InChI=1S/C6H7N5/c7-10-6(11-8)5-3-1-2-4-9-5/h1-4,6-8H. The van der Waals surface area contributed by atoms with E-state index in [0.29, 0.717) is 5.69 Å². The Morgan fingerprint density at radius 2 is 2.00 bits per heavy atom. The largest absolute Gasteiger partial charge is 0.257 e. The molecule has 5 nitrogen and oxygen atoms in total. The van der Waals surface area contributed by atoms with Crippen LogP contribution in [-0.2, 0) is 0 Å². The number of rotatable bonds is 3. The molecular formula is C6H7N5. The summed E-state index contributed by atoms with van der Waals surface area (Å²) in [5.41, 5.74) is 13.9. The van der Waals surface area contributed by atoms with E-state index in [2.05, 4.69) is 15.2 Å². The normalized spacial score (nSPS) is 12.0. The van der Waals surface area contributed by atoms with E-state index in [1.807, 2.05) is 0 Å². The fraction of sp³-hybridized carbons (Fsp3) is 0.167. The molecule has 1 rings (SSSR count). The van der Waals surface area contributed by atoms with Crippen molar-refractivity contribution < 1.29 is 0 Å².